The number of amides is 1. The van der Waals surface area contributed by atoms with Crippen molar-refractivity contribution in [2.24, 2.45) is 5.92 Å². The molecule has 0 radical (unpaired) electrons. The van der Waals surface area contributed by atoms with Crippen molar-refractivity contribution in [3.63, 3.8) is 0 Å². The molecule has 36 heavy (non-hydrogen) atoms. The molecule has 2 fully saturated rings. The second kappa shape index (κ2) is 13.4. The summed E-state index contributed by atoms with van der Waals surface area (Å²) in [7, 11) is 0. The highest BCUT2D eigenvalue weighted by molar-refractivity contribution is 8.26. The number of carbonyl (C=O) groups is 1. The van der Waals surface area contributed by atoms with Gasteiger partial charge in [0.2, 0.25) is 0 Å². The van der Waals surface area contributed by atoms with Gasteiger partial charge in [0.15, 0.2) is 0 Å². The van der Waals surface area contributed by atoms with E-state index >= 15 is 0 Å². The van der Waals surface area contributed by atoms with Crippen LogP contribution in [0.25, 0.3) is 6.08 Å². The maximum Gasteiger partial charge on any atom is 0.270 e. The van der Waals surface area contributed by atoms with Crippen LogP contribution in [0.1, 0.15) is 95.2 Å². The molecule has 1 aromatic heterocycles. The molecule has 3 rings (SSSR count). The Labute approximate surface area is 225 Å². The van der Waals surface area contributed by atoms with Crippen LogP contribution in [0, 0.1) is 24.2 Å². The van der Waals surface area contributed by atoms with Crippen LogP contribution in [-0.2, 0) is 11.3 Å². The second-order valence-electron chi connectivity index (χ2n) is 10.1. The summed E-state index contributed by atoms with van der Waals surface area (Å²) in [6.07, 6.45) is 11.4. The Morgan fingerprint density at radius 2 is 1.72 bits per heavy atom. The molecule has 2 saturated heterocycles. The van der Waals surface area contributed by atoms with Crippen molar-refractivity contribution in [1.29, 1.82) is 5.26 Å². The molecule has 2 aliphatic heterocycles. The molecular weight excluding hydrogens is 488 g/mol. The van der Waals surface area contributed by atoms with E-state index in [-0.39, 0.29) is 17.0 Å². The molecule has 0 atom stereocenters. The van der Waals surface area contributed by atoms with Crippen molar-refractivity contribution >= 4 is 46.1 Å². The number of unbranched alkanes of at least 4 members (excludes halogenated alkanes) is 5. The molecule has 0 bridgehead atoms. The monoisotopic (exact) mass is 528 g/mol. The lowest BCUT2D eigenvalue weighted by atomic mass is 9.97. The highest BCUT2D eigenvalue weighted by Gasteiger charge is 2.33. The number of thioether (sulfide) groups is 1. The smallest absolute Gasteiger partial charge is 0.270 e. The van der Waals surface area contributed by atoms with E-state index in [9.17, 15) is 14.9 Å². The van der Waals surface area contributed by atoms with E-state index in [2.05, 4.69) is 31.7 Å². The van der Waals surface area contributed by atoms with E-state index in [1.165, 1.54) is 31.0 Å². The van der Waals surface area contributed by atoms with Gasteiger partial charge in [0.1, 0.15) is 21.8 Å². The summed E-state index contributed by atoms with van der Waals surface area (Å²) in [5.74, 6) is 1.43. The first-order chi connectivity index (χ1) is 17.3. The lowest BCUT2D eigenvalue weighted by molar-refractivity contribution is -0.122. The molecule has 0 N–H and O–H groups in total. The number of anilines is 1. The minimum absolute atomic E-state index is 0.0667. The first-order valence-corrected chi connectivity index (χ1v) is 14.7. The van der Waals surface area contributed by atoms with Crippen LogP contribution >= 0.6 is 24.0 Å². The van der Waals surface area contributed by atoms with Gasteiger partial charge in [0, 0.05) is 31.7 Å². The normalized spacial score (nSPS) is 17.9. The van der Waals surface area contributed by atoms with Crippen LogP contribution in [0.3, 0.4) is 0 Å². The van der Waals surface area contributed by atoms with E-state index in [0.717, 1.165) is 63.0 Å². The summed E-state index contributed by atoms with van der Waals surface area (Å²) < 4.78 is 2.37. The van der Waals surface area contributed by atoms with Gasteiger partial charge in [0.05, 0.1) is 4.91 Å². The zero-order valence-corrected chi connectivity index (χ0v) is 23.9. The van der Waals surface area contributed by atoms with Gasteiger partial charge < -0.3 is 4.90 Å². The molecule has 196 valence electrons. The Balaban J connectivity index is 2.03. The van der Waals surface area contributed by atoms with Crippen LogP contribution in [0.15, 0.2) is 9.70 Å². The molecule has 0 aromatic carbocycles. The lowest BCUT2D eigenvalue weighted by Gasteiger charge is -2.35. The van der Waals surface area contributed by atoms with Gasteiger partial charge in [0.25, 0.3) is 11.5 Å². The fraction of sp³-hybridized carbons (Fsp3) is 0.643. The summed E-state index contributed by atoms with van der Waals surface area (Å²) in [6.45, 7) is 11.3. The van der Waals surface area contributed by atoms with Gasteiger partial charge >= 0.3 is 0 Å². The Morgan fingerprint density at radius 3 is 2.36 bits per heavy atom. The standard InChI is InChI=1S/C28H40N4O2S2/c1-5-7-9-10-11-15-32-27(34)24(36-28(32)35)18-22-21(4)23(19-29)26(33)31(14-8-6-2)25(22)30-16-12-20(3)13-17-30/h18,20H,5-17H2,1-4H3. The zero-order valence-electron chi connectivity index (χ0n) is 22.3. The van der Waals surface area contributed by atoms with Crippen molar-refractivity contribution in [3.8, 4) is 6.07 Å². The number of hydrogen-bond acceptors (Lipinski definition) is 6. The Bertz CT molecular complexity index is 1090. The molecule has 0 saturated carbocycles. The molecule has 1 amide bonds. The van der Waals surface area contributed by atoms with Crippen molar-refractivity contribution in [1.82, 2.24) is 9.47 Å². The van der Waals surface area contributed by atoms with Gasteiger partial charge in [-0.1, -0.05) is 76.9 Å². The fourth-order valence-corrected chi connectivity index (χ4v) is 6.22. The third-order valence-corrected chi connectivity index (χ3v) is 8.68. The maximum absolute atomic E-state index is 13.4. The molecule has 6 nitrogen and oxygen atoms in total. The summed E-state index contributed by atoms with van der Waals surface area (Å²) in [6, 6.07) is 2.15. The van der Waals surface area contributed by atoms with Gasteiger partial charge in [-0.2, -0.15) is 5.26 Å². The highest BCUT2D eigenvalue weighted by Crippen LogP contribution is 2.37. The van der Waals surface area contributed by atoms with Crippen molar-refractivity contribution in [2.45, 2.75) is 92.0 Å². The average Bonchev–Trinajstić information content (AvgIpc) is 3.13. The molecule has 1 aromatic rings. The van der Waals surface area contributed by atoms with Gasteiger partial charge in [-0.15, -0.1) is 0 Å². The van der Waals surface area contributed by atoms with Crippen molar-refractivity contribution < 1.29 is 4.79 Å². The molecule has 0 unspecified atom stereocenters. The van der Waals surface area contributed by atoms with Crippen LogP contribution in [0.4, 0.5) is 5.82 Å². The summed E-state index contributed by atoms with van der Waals surface area (Å²) in [5, 5.41) is 9.87. The Hall–Kier alpha value is -2.11. The second-order valence-corrected chi connectivity index (χ2v) is 11.8. The van der Waals surface area contributed by atoms with Gasteiger partial charge in [-0.3, -0.25) is 19.1 Å². The number of aromatic nitrogens is 1. The van der Waals surface area contributed by atoms with E-state index in [1.54, 1.807) is 9.47 Å². The Morgan fingerprint density at radius 1 is 1.06 bits per heavy atom. The largest absolute Gasteiger partial charge is 0.357 e. The molecule has 3 heterocycles. The van der Waals surface area contributed by atoms with Crippen LogP contribution in [0.2, 0.25) is 0 Å². The predicted molar refractivity (Wildman–Crippen MR) is 154 cm³/mol. The number of nitrogens with zero attached hydrogens (tertiary/aromatic N) is 4. The molecular formula is C28H40N4O2S2. The summed E-state index contributed by atoms with van der Waals surface area (Å²) in [4.78, 5) is 31.3. The van der Waals surface area contributed by atoms with Gasteiger partial charge in [-0.05, 0) is 50.2 Å². The number of pyridine rings is 1. The average molecular weight is 529 g/mol. The Kier molecular flexibility index (Phi) is 10.6. The number of thiocarbonyl (C=S) groups is 1. The van der Waals surface area contributed by atoms with Gasteiger partial charge in [-0.25, -0.2) is 0 Å². The van der Waals surface area contributed by atoms with E-state index < -0.39 is 0 Å². The SMILES string of the molecule is CCCCCCCN1C(=O)C(=Cc2c(C)c(C#N)c(=O)n(CCCC)c2N2CCC(C)CC2)SC1=S. The minimum atomic E-state index is -0.228. The van der Waals surface area contributed by atoms with E-state index in [0.29, 0.717) is 33.8 Å². The number of nitriles is 1. The minimum Gasteiger partial charge on any atom is -0.357 e. The van der Waals surface area contributed by atoms with Crippen LogP contribution in [-0.4, -0.2) is 39.3 Å². The summed E-state index contributed by atoms with van der Waals surface area (Å²) in [5.41, 5.74) is 1.39. The quantitative estimate of drug-likeness (QED) is 0.192. The van der Waals surface area contributed by atoms with Crippen LogP contribution < -0.4 is 10.5 Å². The van der Waals surface area contributed by atoms with E-state index in [1.807, 2.05) is 13.0 Å². The first-order valence-electron chi connectivity index (χ1n) is 13.5. The molecule has 0 aliphatic carbocycles. The number of hydrogen-bond donors (Lipinski definition) is 0. The molecule has 0 spiro atoms. The zero-order chi connectivity index (χ0) is 26.2. The topological polar surface area (TPSA) is 69.3 Å². The predicted octanol–water partition coefficient (Wildman–Crippen LogP) is 6.24. The van der Waals surface area contributed by atoms with Crippen molar-refractivity contribution in [2.75, 3.05) is 24.5 Å². The number of piperidine rings is 1. The third kappa shape index (κ3) is 6.41. The van der Waals surface area contributed by atoms with Crippen LogP contribution in [0.5, 0.6) is 0 Å². The maximum atomic E-state index is 13.4. The third-order valence-electron chi connectivity index (χ3n) is 7.30. The van der Waals surface area contributed by atoms with Crippen molar-refractivity contribution in [3.05, 3.63) is 31.9 Å². The van der Waals surface area contributed by atoms with E-state index in [4.69, 9.17) is 12.2 Å². The lowest BCUT2D eigenvalue weighted by Crippen LogP contribution is -2.39. The highest BCUT2D eigenvalue weighted by atomic mass is 32.2. The first kappa shape index (κ1) is 28.5. The molecule has 2 aliphatic rings. The summed E-state index contributed by atoms with van der Waals surface area (Å²) >= 11 is 6.91. The number of rotatable bonds is 11. The number of carbonyl (C=O) groups excluding carboxylic acids is 1. The fourth-order valence-electron chi connectivity index (χ4n) is 4.93. The molecule has 8 heteroatoms.